The first kappa shape index (κ1) is 12.1. The van der Waals surface area contributed by atoms with Gasteiger partial charge in [0.25, 0.3) is 5.91 Å². The highest BCUT2D eigenvalue weighted by atomic mass is 32.1. The molecule has 0 radical (unpaired) electrons. The first-order chi connectivity index (χ1) is 7.65. The Morgan fingerprint density at radius 2 is 2.06 bits per heavy atom. The van der Waals surface area contributed by atoms with Crippen LogP contribution in [0.25, 0.3) is 0 Å². The van der Waals surface area contributed by atoms with E-state index in [4.69, 9.17) is 11.0 Å². The van der Waals surface area contributed by atoms with Gasteiger partial charge in [-0.3, -0.25) is 4.79 Å². The van der Waals surface area contributed by atoms with Crippen LogP contribution in [0.2, 0.25) is 0 Å². The molecule has 0 unspecified atom stereocenters. The van der Waals surface area contributed by atoms with E-state index < -0.39 is 5.91 Å². The van der Waals surface area contributed by atoms with Crippen LogP contribution in [-0.2, 0) is 11.3 Å². The molecule has 0 atom stereocenters. The molecule has 0 aromatic heterocycles. The summed E-state index contributed by atoms with van der Waals surface area (Å²) in [4.78, 5) is 10.8. The maximum absolute atomic E-state index is 10.8. The van der Waals surface area contributed by atoms with Crippen molar-refractivity contribution in [3.05, 3.63) is 46.5 Å². The van der Waals surface area contributed by atoms with E-state index in [1.165, 1.54) is 0 Å². The summed E-state index contributed by atoms with van der Waals surface area (Å²) in [5, 5.41) is 11.7. The van der Waals surface area contributed by atoms with E-state index in [2.05, 4.69) is 17.9 Å². The minimum Gasteiger partial charge on any atom is -0.375 e. The summed E-state index contributed by atoms with van der Waals surface area (Å²) in [7, 11) is 0. The molecule has 0 heterocycles. The van der Waals surface area contributed by atoms with Crippen molar-refractivity contribution in [2.45, 2.75) is 6.54 Å². The van der Waals surface area contributed by atoms with Crippen molar-refractivity contribution in [3.63, 3.8) is 0 Å². The lowest BCUT2D eigenvalue weighted by Crippen LogP contribution is -2.19. The molecule has 0 bridgehead atoms. The lowest BCUT2D eigenvalue weighted by atomic mass is 10.2. The second kappa shape index (κ2) is 5.83. The molecule has 16 heavy (non-hydrogen) atoms. The quantitative estimate of drug-likeness (QED) is 0.411. The van der Waals surface area contributed by atoms with E-state index in [9.17, 15) is 4.79 Å². The normalized spacial score (nSPS) is 11.2. The number of benzene rings is 1. The van der Waals surface area contributed by atoms with Gasteiger partial charge in [0.05, 0.1) is 5.03 Å². The molecule has 4 nitrogen and oxygen atoms in total. The fourth-order valence-corrected chi connectivity index (χ4v) is 1.33. The van der Waals surface area contributed by atoms with Crippen molar-refractivity contribution in [3.8, 4) is 6.07 Å². The van der Waals surface area contributed by atoms with Crippen LogP contribution in [0, 0.1) is 11.3 Å². The topological polar surface area (TPSA) is 78.9 Å². The molecule has 82 valence electrons. The van der Waals surface area contributed by atoms with Crippen LogP contribution in [0.4, 0.5) is 0 Å². The van der Waals surface area contributed by atoms with Crippen LogP contribution >= 0.6 is 12.6 Å². The van der Waals surface area contributed by atoms with Gasteiger partial charge >= 0.3 is 0 Å². The van der Waals surface area contributed by atoms with Gasteiger partial charge in [0.15, 0.2) is 0 Å². The Morgan fingerprint density at radius 1 is 1.44 bits per heavy atom. The molecule has 5 heteroatoms. The van der Waals surface area contributed by atoms with Gasteiger partial charge in [-0.05, 0) is 5.56 Å². The number of nitrogens with one attached hydrogen (secondary N) is 1. The fourth-order valence-electron chi connectivity index (χ4n) is 1.09. The predicted octanol–water partition coefficient (Wildman–Crippen LogP) is 0.926. The minimum absolute atomic E-state index is 0.167. The van der Waals surface area contributed by atoms with Gasteiger partial charge in [-0.25, -0.2) is 0 Å². The zero-order valence-electron chi connectivity index (χ0n) is 8.47. The molecule has 0 aliphatic rings. The molecule has 1 rings (SSSR count). The third-order valence-electron chi connectivity index (χ3n) is 1.90. The Balaban J connectivity index is 2.69. The zero-order valence-corrected chi connectivity index (χ0v) is 9.37. The van der Waals surface area contributed by atoms with Gasteiger partial charge in [-0.1, -0.05) is 30.3 Å². The number of carbonyl (C=O) groups is 1. The number of hydrogen-bond acceptors (Lipinski definition) is 4. The third kappa shape index (κ3) is 3.33. The zero-order chi connectivity index (χ0) is 12.0. The molecule has 0 spiro atoms. The molecule has 1 aromatic rings. The molecule has 0 fully saturated rings. The van der Waals surface area contributed by atoms with Crippen molar-refractivity contribution in [2.75, 3.05) is 0 Å². The Labute approximate surface area is 99.2 Å². The number of carbonyl (C=O) groups excluding carboxylic acids is 1. The van der Waals surface area contributed by atoms with Crippen molar-refractivity contribution in [1.29, 1.82) is 5.26 Å². The minimum atomic E-state index is -0.784. The number of primary amides is 1. The van der Waals surface area contributed by atoms with Gasteiger partial charge in [0, 0.05) is 6.54 Å². The van der Waals surface area contributed by atoms with Crippen LogP contribution in [0.15, 0.2) is 40.9 Å². The number of hydrogen-bond donors (Lipinski definition) is 3. The van der Waals surface area contributed by atoms with Crippen LogP contribution < -0.4 is 11.1 Å². The Hall–Kier alpha value is -1.93. The summed E-state index contributed by atoms with van der Waals surface area (Å²) in [6.07, 6.45) is 0. The number of thiol groups is 1. The highest BCUT2D eigenvalue weighted by Crippen LogP contribution is 2.06. The second-order valence-corrected chi connectivity index (χ2v) is 3.49. The van der Waals surface area contributed by atoms with Crippen LogP contribution in [-0.4, -0.2) is 5.91 Å². The van der Waals surface area contributed by atoms with Crippen LogP contribution in [0.1, 0.15) is 5.56 Å². The van der Waals surface area contributed by atoms with E-state index in [0.717, 1.165) is 5.56 Å². The standard InChI is InChI=1S/C11H11N3OS/c12-6-9(10(13)15)11(16)14-7-8-4-2-1-3-5-8/h1-5,14,16H,7H2,(H2,13,15)/b11-9-. The molecular formula is C11H11N3OS. The second-order valence-electron chi connectivity index (χ2n) is 3.04. The van der Waals surface area contributed by atoms with Crippen molar-refractivity contribution in [1.82, 2.24) is 5.32 Å². The van der Waals surface area contributed by atoms with Crippen LogP contribution in [0.5, 0.6) is 0 Å². The maximum Gasteiger partial charge on any atom is 0.262 e. The Bertz CT molecular complexity index is 448. The van der Waals surface area contributed by atoms with E-state index >= 15 is 0 Å². The van der Waals surface area contributed by atoms with Gasteiger partial charge in [0.1, 0.15) is 11.6 Å². The average Bonchev–Trinajstić information content (AvgIpc) is 2.28. The summed E-state index contributed by atoms with van der Waals surface area (Å²) in [5.41, 5.74) is 5.87. The summed E-state index contributed by atoms with van der Waals surface area (Å²) in [6.45, 7) is 0.484. The van der Waals surface area contributed by atoms with Crippen molar-refractivity contribution in [2.24, 2.45) is 5.73 Å². The number of nitrogens with zero attached hydrogens (tertiary/aromatic N) is 1. The molecule has 0 aliphatic heterocycles. The summed E-state index contributed by atoms with van der Waals surface area (Å²) in [6, 6.07) is 11.3. The summed E-state index contributed by atoms with van der Waals surface area (Å²) < 4.78 is 0. The van der Waals surface area contributed by atoms with Gasteiger partial charge in [-0.15, -0.1) is 12.6 Å². The molecular weight excluding hydrogens is 222 g/mol. The lowest BCUT2D eigenvalue weighted by Gasteiger charge is -2.06. The highest BCUT2D eigenvalue weighted by Gasteiger charge is 2.08. The first-order valence-electron chi connectivity index (χ1n) is 4.56. The monoisotopic (exact) mass is 233 g/mol. The maximum atomic E-state index is 10.8. The van der Waals surface area contributed by atoms with Gasteiger partial charge in [-0.2, -0.15) is 5.26 Å². The third-order valence-corrected chi connectivity index (χ3v) is 2.28. The number of amides is 1. The summed E-state index contributed by atoms with van der Waals surface area (Å²) in [5.74, 6) is -0.784. The lowest BCUT2D eigenvalue weighted by molar-refractivity contribution is -0.114. The highest BCUT2D eigenvalue weighted by molar-refractivity contribution is 7.84. The van der Waals surface area contributed by atoms with E-state index in [0.29, 0.717) is 6.54 Å². The van der Waals surface area contributed by atoms with Gasteiger partial charge in [0.2, 0.25) is 0 Å². The largest absolute Gasteiger partial charge is 0.375 e. The first-order valence-corrected chi connectivity index (χ1v) is 5.01. The smallest absolute Gasteiger partial charge is 0.262 e. The number of rotatable bonds is 4. The number of nitrogens with two attached hydrogens (primary N) is 1. The van der Waals surface area contributed by atoms with E-state index in [1.54, 1.807) is 6.07 Å². The fraction of sp³-hybridized carbons (Fsp3) is 0.0909. The molecule has 3 N–H and O–H groups in total. The predicted molar refractivity (Wildman–Crippen MR) is 64.1 cm³/mol. The molecule has 0 saturated carbocycles. The van der Waals surface area contributed by atoms with Gasteiger partial charge < -0.3 is 11.1 Å². The Kier molecular flexibility index (Phi) is 4.42. The number of nitriles is 1. The summed E-state index contributed by atoms with van der Waals surface area (Å²) >= 11 is 4.02. The van der Waals surface area contributed by atoms with E-state index in [1.807, 2.05) is 30.3 Å². The average molecular weight is 233 g/mol. The van der Waals surface area contributed by atoms with Crippen molar-refractivity contribution < 1.29 is 4.79 Å². The molecule has 0 aliphatic carbocycles. The van der Waals surface area contributed by atoms with E-state index in [-0.39, 0.29) is 10.6 Å². The molecule has 0 saturated heterocycles. The van der Waals surface area contributed by atoms with Crippen molar-refractivity contribution >= 4 is 18.5 Å². The molecule has 1 amide bonds. The molecule has 1 aromatic carbocycles. The van der Waals surface area contributed by atoms with Crippen LogP contribution in [0.3, 0.4) is 0 Å². The SMILES string of the molecule is N#C/C(C(N)=O)=C(/S)NCc1ccccc1. The Morgan fingerprint density at radius 3 is 2.56 bits per heavy atom.